The molecule has 0 spiro atoms. The van der Waals surface area contributed by atoms with Gasteiger partial charge in [0.15, 0.2) is 5.17 Å². The molecule has 1 aromatic heterocycles. The van der Waals surface area contributed by atoms with Crippen LogP contribution in [-0.2, 0) is 12.7 Å². The fourth-order valence-corrected chi connectivity index (χ4v) is 2.99. The standard InChI is InChI=1S/C15H12F3N3S/c1-21(12-6-4-11(5-7-12)15(16,17)18)14-20-9-10-3-2-8-19-13(10)22-14/h2-8H,9H2,1H3. The van der Waals surface area contributed by atoms with Crippen molar-refractivity contribution in [1.29, 1.82) is 0 Å². The second-order valence-electron chi connectivity index (χ2n) is 4.77. The minimum Gasteiger partial charge on any atom is -0.324 e. The van der Waals surface area contributed by atoms with E-state index >= 15 is 0 Å². The van der Waals surface area contributed by atoms with E-state index in [1.807, 2.05) is 12.1 Å². The van der Waals surface area contributed by atoms with Gasteiger partial charge in [0, 0.05) is 24.5 Å². The molecule has 3 nitrogen and oxygen atoms in total. The third kappa shape index (κ3) is 2.94. The summed E-state index contributed by atoms with van der Waals surface area (Å²) in [5, 5.41) is 1.59. The number of hydrogen-bond acceptors (Lipinski definition) is 4. The van der Waals surface area contributed by atoms with Crippen LogP contribution in [0.15, 0.2) is 52.6 Å². The van der Waals surface area contributed by atoms with Gasteiger partial charge in [0.05, 0.1) is 12.1 Å². The molecule has 0 aliphatic carbocycles. The Balaban J connectivity index is 1.80. The SMILES string of the molecule is CN(C1=NCc2cccnc2S1)c1ccc(C(F)(F)F)cc1. The number of thioether (sulfide) groups is 1. The summed E-state index contributed by atoms with van der Waals surface area (Å²) in [6.45, 7) is 0.524. The molecule has 0 saturated heterocycles. The topological polar surface area (TPSA) is 28.5 Å². The summed E-state index contributed by atoms with van der Waals surface area (Å²) >= 11 is 1.41. The number of aliphatic imine (C=N–C) groups is 1. The first-order valence-corrected chi connectivity index (χ1v) is 7.34. The second-order valence-corrected chi connectivity index (χ2v) is 5.73. The van der Waals surface area contributed by atoms with Crippen LogP contribution in [0.1, 0.15) is 11.1 Å². The van der Waals surface area contributed by atoms with Gasteiger partial charge in [-0.1, -0.05) is 6.07 Å². The minimum absolute atomic E-state index is 0.524. The Bertz CT molecular complexity index is 711. The van der Waals surface area contributed by atoms with E-state index < -0.39 is 11.7 Å². The number of fused-ring (bicyclic) bond motifs is 1. The molecule has 0 unspecified atom stereocenters. The van der Waals surface area contributed by atoms with E-state index in [9.17, 15) is 13.2 Å². The van der Waals surface area contributed by atoms with Gasteiger partial charge in [0.1, 0.15) is 5.03 Å². The lowest BCUT2D eigenvalue weighted by Crippen LogP contribution is -2.25. The zero-order valence-electron chi connectivity index (χ0n) is 11.6. The molecule has 0 fully saturated rings. The molecular formula is C15H12F3N3S. The van der Waals surface area contributed by atoms with E-state index in [1.165, 1.54) is 23.9 Å². The fraction of sp³-hybridized carbons (Fsp3) is 0.200. The van der Waals surface area contributed by atoms with E-state index in [1.54, 1.807) is 18.1 Å². The van der Waals surface area contributed by atoms with Crippen LogP contribution in [0.5, 0.6) is 0 Å². The fourth-order valence-electron chi connectivity index (χ4n) is 2.07. The smallest absolute Gasteiger partial charge is 0.324 e. The molecule has 22 heavy (non-hydrogen) atoms. The van der Waals surface area contributed by atoms with E-state index in [0.29, 0.717) is 17.4 Å². The number of hydrogen-bond donors (Lipinski definition) is 0. The van der Waals surface area contributed by atoms with Crippen LogP contribution in [0, 0.1) is 0 Å². The Morgan fingerprint density at radius 2 is 1.86 bits per heavy atom. The summed E-state index contributed by atoms with van der Waals surface area (Å²) in [5.74, 6) is 0. The first-order valence-electron chi connectivity index (χ1n) is 6.52. The van der Waals surface area contributed by atoms with E-state index in [4.69, 9.17) is 0 Å². The van der Waals surface area contributed by atoms with Gasteiger partial charge in [-0.05, 0) is 42.1 Å². The highest BCUT2D eigenvalue weighted by Gasteiger charge is 2.30. The van der Waals surface area contributed by atoms with Crippen molar-refractivity contribution in [3.63, 3.8) is 0 Å². The molecule has 2 heterocycles. The van der Waals surface area contributed by atoms with Crippen LogP contribution < -0.4 is 4.90 Å². The van der Waals surface area contributed by atoms with Gasteiger partial charge >= 0.3 is 6.18 Å². The Morgan fingerprint density at radius 3 is 2.55 bits per heavy atom. The Morgan fingerprint density at radius 1 is 1.14 bits per heavy atom. The number of benzene rings is 1. The van der Waals surface area contributed by atoms with E-state index in [0.717, 1.165) is 22.7 Å². The first kappa shape index (κ1) is 14.9. The highest BCUT2D eigenvalue weighted by Crippen LogP contribution is 2.33. The Kier molecular flexibility index (Phi) is 3.82. The molecule has 7 heteroatoms. The van der Waals surface area contributed by atoms with Crippen molar-refractivity contribution < 1.29 is 13.2 Å². The second kappa shape index (κ2) is 5.64. The average molecular weight is 323 g/mol. The molecule has 0 saturated carbocycles. The molecule has 114 valence electrons. The van der Waals surface area contributed by atoms with Crippen molar-refractivity contribution in [1.82, 2.24) is 4.98 Å². The average Bonchev–Trinajstić information content (AvgIpc) is 2.53. The van der Waals surface area contributed by atoms with Crippen LogP contribution in [0.2, 0.25) is 0 Å². The third-order valence-corrected chi connectivity index (χ3v) is 4.44. The highest BCUT2D eigenvalue weighted by molar-refractivity contribution is 8.14. The van der Waals surface area contributed by atoms with Gasteiger partial charge in [-0.15, -0.1) is 0 Å². The lowest BCUT2D eigenvalue weighted by atomic mass is 10.2. The number of amidine groups is 1. The Labute approximate surface area is 129 Å². The van der Waals surface area contributed by atoms with Gasteiger partial charge in [-0.25, -0.2) is 4.98 Å². The predicted molar refractivity (Wildman–Crippen MR) is 81.1 cm³/mol. The maximum atomic E-state index is 12.6. The summed E-state index contributed by atoms with van der Waals surface area (Å²) in [4.78, 5) is 10.5. The molecule has 0 atom stereocenters. The molecule has 0 bridgehead atoms. The summed E-state index contributed by atoms with van der Waals surface area (Å²) in [6.07, 6.45) is -2.61. The van der Waals surface area contributed by atoms with Crippen LogP contribution in [0.3, 0.4) is 0 Å². The number of anilines is 1. The van der Waals surface area contributed by atoms with Crippen molar-refractivity contribution in [3.8, 4) is 0 Å². The first-order chi connectivity index (χ1) is 10.4. The number of alkyl halides is 3. The van der Waals surface area contributed by atoms with E-state index in [-0.39, 0.29) is 0 Å². The zero-order valence-corrected chi connectivity index (χ0v) is 12.4. The lowest BCUT2D eigenvalue weighted by molar-refractivity contribution is -0.137. The quantitative estimate of drug-likeness (QED) is 0.787. The normalized spacial score (nSPS) is 14.3. The maximum Gasteiger partial charge on any atom is 0.416 e. The monoisotopic (exact) mass is 323 g/mol. The molecule has 0 N–H and O–H groups in total. The highest BCUT2D eigenvalue weighted by atomic mass is 32.2. The molecule has 1 aliphatic heterocycles. The molecular weight excluding hydrogens is 311 g/mol. The number of nitrogens with zero attached hydrogens (tertiary/aromatic N) is 3. The van der Waals surface area contributed by atoms with Gasteiger partial charge in [0.2, 0.25) is 0 Å². The molecule has 2 aromatic rings. The summed E-state index contributed by atoms with van der Waals surface area (Å²) < 4.78 is 37.8. The lowest BCUT2D eigenvalue weighted by Gasteiger charge is -2.24. The van der Waals surface area contributed by atoms with Gasteiger partial charge in [-0.2, -0.15) is 13.2 Å². The maximum absolute atomic E-state index is 12.6. The van der Waals surface area contributed by atoms with Crippen molar-refractivity contribution >= 4 is 22.6 Å². The van der Waals surface area contributed by atoms with Gasteiger partial charge < -0.3 is 4.90 Å². The summed E-state index contributed by atoms with van der Waals surface area (Å²) in [6, 6.07) is 8.87. The van der Waals surface area contributed by atoms with Crippen molar-refractivity contribution in [2.75, 3.05) is 11.9 Å². The van der Waals surface area contributed by atoms with Crippen LogP contribution in [-0.4, -0.2) is 17.2 Å². The number of aromatic nitrogens is 1. The Hall–Kier alpha value is -2.02. The van der Waals surface area contributed by atoms with Crippen LogP contribution in [0.25, 0.3) is 0 Å². The third-order valence-electron chi connectivity index (χ3n) is 3.29. The summed E-state index contributed by atoms with van der Waals surface area (Å²) in [7, 11) is 1.78. The van der Waals surface area contributed by atoms with Crippen molar-refractivity contribution in [2.24, 2.45) is 4.99 Å². The van der Waals surface area contributed by atoms with Crippen LogP contribution >= 0.6 is 11.8 Å². The molecule has 3 rings (SSSR count). The molecule has 1 aliphatic rings. The van der Waals surface area contributed by atoms with Gasteiger partial charge in [-0.3, -0.25) is 4.99 Å². The van der Waals surface area contributed by atoms with E-state index in [2.05, 4.69) is 9.98 Å². The van der Waals surface area contributed by atoms with Crippen molar-refractivity contribution in [2.45, 2.75) is 17.7 Å². The van der Waals surface area contributed by atoms with Gasteiger partial charge in [0.25, 0.3) is 0 Å². The largest absolute Gasteiger partial charge is 0.416 e. The predicted octanol–water partition coefficient (Wildman–Crippen LogP) is 4.20. The number of halogens is 3. The zero-order chi connectivity index (χ0) is 15.7. The number of pyridine rings is 1. The molecule has 0 amide bonds. The van der Waals surface area contributed by atoms with Crippen molar-refractivity contribution in [3.05, 3.63) is 53.7 Å². The summed E-state index contributed by atoms with van der Waals surface area (Å²) in [5.41, 5.74) is 1.05. The molecule has 0 radical (unpaired) electrons. The molecule has 1 aromatic carbocycles. The number of rotatable bonds is 1. The minimum atomic E-state index is -4.32. The van der Waals surface area contributed by atoms with Crippen LogP contribution in [0.4, 0.5) is 18.9 Å².